The van der Waals surface area contributed by atoms with E-state index in [4.69, 9.17) is 0 Å². The quantitative estimate of drug-likeness (QED) is 0.590. The second kappa shape index (κ2) is 8.66. The van der Waals surface area contributed by atoms with Crippen molar-refractivity contribution in [2.24, 2.45) is 7.05 Å². The molecule has 10 heteroatoms. The van der Waals surface area contributed by atoms with Gasteiger partial charge in [0.15, 0.2) is 9.84 Å². The maximum Gasteiger partial charge on any atom is 0.266 e. The van der Waals surface area contributed by atoms with E-state index in [9.17, 15) is 26.4 Å². The van der Waals surface area contributed by atoms with Crippen LogP contribution in [-0.4, -0.2) is 29.5 Å². The number of anilines is 1. The number of alkyl halides is 2. The molecule has 1 N–H and O–H groups in total. The molecule has 0 unspecified atom stereocenters. The molecule has 33 heavy (non-hydrogen) atoms. The summed E-state index contributed by atoms with van der Waals surface area (Å²) in [6.45, 7) is 1.65. The van der Waals surface area contributed by atoms with Gasteiger partial charge in [-0.05, 0) is 31.1 Å². The lowest BCUT2D eigenvalue weighted by molar-refractivity contribution is 0.146. The first-order valence-electron chi connectivity index (χ1n) is 10.3. The van der Waals surface area contributed by atoms with Crippen LogP contribution in [0.1, 0.15) is 42.5 Å². The highest BCUT2D eigenvalue weighted by Gasteiger charge is 2.22. The molecule has 1 aliphatic heterocycles. The molecule has 0 amide bonds. The van der Waals surface area contributed by atoms with Crippen molar-refractivity contribution in [3.05, 3.63) is 75.5 Å². The Kier molecular flexibility index (Phi) is 6.04. The molecule has 3 aromatic rings. The summed E-state index contributed by atoms with van der Waals surface area (Å²) in [4.78, 5) is 17.2. The fraction of sp³-hybridized carbons (Fsp3) is 0.304. The standard InChI is InChI=1S/C23H22F3N3O3S/c1-13(15-4-3-5-16(20(15)24)21(25)26)28-19-6-9-27-22-18(19)12-17(23(30)29(22)2)14-7-10-33(31,32)11-8-14/h3-7,9,12-13,21H,8,10-11H2,1-2H3,(H,27,28)/t13-/m1/s1. The summed E-state index contributed by atoms with van der Waals surface area (Å²) in [6, 6.07) is 6.52. The van der Waals surface area contributed by atoms with Gasteiger partial charge in [0.1, 0.15) is 11.5 Å². The van der Waals surface area contributed by atoms with Gasteiger partial charge in [-0.3, -0.25) is 9.36 Å². The Morgan fingerprint density at radius 1 is 1.18 bits per heavy atom. The summed E-state index contributed by atoms with van der Waals surface area (Å²) in [5.41, 5.74) is 1.05. The molecule has 2 aromatic heterocycles. The molecule has 174 valence electrons. The van der Waals surface area contributed by atoms with Crippen molar-refractivity contribution < 1.29 is 21.6 Å². The van der Waals surface area contributed by atoms with Crippen LogP contribution in [0.15, 0.2) is 47.4 Å². The number of nitrogens with one attached hydrogen (secondary N) is 1. The molecule has 6 nitrogen and oxygen atoms in total. The summed E-state index contributed by atoms with van der Waals surface area (Å²) >= 11 is 0. The maximum absolute atomic E-state index is 14.6. The second-order valence-electron chi connectivity index (χ2n) is 8.03. The zero-order valence-electron chi connectivity index (χ0n) is 18.0. The van der Waals surface area contributed by atoms with Gasteiger partial charge in [0, 0.05) is 35.4 Å². The van der Waals surface area contributed by atoms with E-state index < -0.39 is 33.7 Å². The van der Waals surface area contributed by atoms with Gasteiger partial charge in [0.05, 0.1) is 23.1 Å². The number of halogens is 3. The van der Waals surface area contributed by atoms with E-state index in [1.54, 1.807) is 32.2 Å². The minimum Gasteiger partial charge on any atom is -0.378 e. The molecule has 0 fully saturated rings. The lowest BCUT2D eigenvalue weighted by Crippen LogP contribution is -2.24. The number of allylic oxidation sites excluding steroid dienone is 1. The topological polar surface area (TPSA) is 81.1 Å². The Hall–Kier alpha value is -3.14. The van der Waals surface area contributed by atoms with E-state index >= 15 is 0 Å². The molecule has 0 saturated carbocycles. The number of hydrogen-bond donors (Lipinski definition) is 1. The number of aryl methyl sites for hydroxylation is 1. The smallest absolute Gasteiger partial charge is 0.266 e. The van der Waals surface area contributed by atoms with Crippen LogP contribution in [0.5, 0.6) is 0 Å². The zero-order chi connectivity index (χ0) is 23.9. The summed E-state index contributed by atoms with van der Waals surface area (Å²) in [5, 5.41) is 3.71. The lowest BCUT2D eigenvalue weighted by atomic mass is 10.0. The number of sulfone groups is 1. The van der Waals surface area contributed by atoms with Crippen LogP contribution >= 0.6 is 0 Å². The first-order chi connectivity index (χ1) is 15.6. The molecule has 0 radical (unpaired) electrons. The average molecular weight is 478 g/mol. The van der Waals surface area contributed by atoms with Crippen molar-refractivity contribution in [1.82, 2.24) is 9.55 Å². The number of fused-ring (bicyclic) bond motifs is 1. The predicted molar refractivity (Wildman–Crippen MR) is 122 cm³/mol. The first kappa shape index (κ1) is 23.0. The summed E-state index contributed by atoms with van der Waals surface area (Å²) in [6.07, 6.45) is 0.352. The van der Waals surface area contributed by atoms with Gasteiger partial charge in [0.25, 0.3) is 12.0 Å². The van der Waals surface area contributed by atoms with Crippen molar-refractivity contribution in [2.75, 3.05) is 16.8 Å². The van der Waals surface area contributed by atoms with Gasteiger partial charge in [0.2, 0.25) is 0 Å². The van der Waals surface area contributed by atoms with E-state index in [1.165, 1.54) is 22.9 Å². The summed E-state index contributed by atoms with van der Waals surface area (Å²) in [5.74, 6) is -1.12. The highest BCUT2D eigenvalue weighted by atomic mass is 32.2. The average Bonchev–Trinajstić information content (AvgIpc) is 2.76. The number of aromatic nitrogens is 2. The Morgan fingerprint density at radius 2 is 1.91 bits per heavy atom. The van der Waals surface area contributed by atoms with Crippen molar-refractivity contribution >= 4 is 32.1 Å². The zero-order valence-corrected chi connectivity index (χ0v) is 18.8. The van der Waals surface area contributed by atoms with E-state index in [2.05, 4.69) is 10.3 Å². The number of nitrogens with zero attached hydrogens (tertiary/aromatic N) is 2. The van der Waals surface area contributed by atoms with Gasteiger partial charge >= 0.3 is 0 Å². The minimum atomic E-state index is -3.16. The van der Waals surface area contributed by atoms with Crippen LogP contribution in [0.2, 0.25) is 0 Å². The number of benzene rings is 1. The molecule has 3 heterocycles. The summed E-state index contributed by atoms with van der Waals surface area (Å²) in [7, 11) is -1.59. The number of pyridine rings is 2. The van der Waals surface area contributed by atoms with Crippen LogP contribution in [0, 0.1) is 5.82 Å². The molecule has 0 bridgehead atoms. The van der Waals surface area contributed by atoms with Crippen molar-refractivity contribution in [3.8, 4) is 0 Å². The number of rotatable bonds is 5. The molecular formula is C23H22F3N3O3S. The van der Waals surface area contributed by atoms with E-state index in [0.29, 0.717) is 27.9 Å². The fourth-order valence-corrected chi connectivity index (χ4v) is 5.17. The largest absolute Gasteiger partial charge is 0.378 e. The fourth-order valence-electron chi connectivity index (χ4n) is 4.02. The van der Waals surface area contributed by atoms with E-state index in [-0.39, 0.29) is 29.0 Å². The minimum absolute atomic E-state index is 0.0328. The predicted octanol–water partition coefficient (Wildman–Crippen LogP) is 4.39. The maximum atomic E-state index is 14.6. The highest BCUT2D eigenvalue weighted by molar-refractivity contribution is 7.91. The monoisotopic (exact) mass is 477 g/mol. The van der Waals surface area contributed by atoms with Gasteiger partial charge in [-0.15, -0.1) is 0 Å². The van der Waals surface area contributed by atoms with Gasteiger partial charge in [-0.25, -0.2) is 26.6 Å². The second-order valence-corrected chi connectivity index (χ2v) is 10.3. The molecule has 0 aliphatic carbocycles. The normalized spacial score (nSPS) is 16.6. The lowest BCUT2D eigenvalue weighted by Gasteiger charge is -2.20. The van der Waals surface area contributed by atoms with Crippen LogP contribution in [0.3, 0.4) is 0 Å². The van der Waals surface area contributed by atoms with Gasteiger partial charge in [-0.1, -0.05) is 24.3 Å². The molecule has 1 atom stereocenters. The van der Waals surface area contributed by atoms with Crippen molar-refractivity contribution in [3.63, 3.8) is 0 Å². The Balaban J connectivity index is 1.78. The molecule has 1 aliphatic rings. The highest BCUT2D eigenvalue weighted by Crippen LogP contribution is 2.32. The third kappa shape index (κ3) is 4.39. The first-order valence-corrected chi connectivity index (χ1v) is 12.1. The van der Waals surface area contributed by atoms with Crippen LogP contribution in [0.25, 0.3) is 16.6 Å². The Morgan fingerprint density at radius 3 is 2.58 bits per heavy atom. The SMILES string of the molecule is C[C@@H](Nc1ccnc2c1cc(C1=CCS(=O)(=O)CC1)c(=O)n2C)c1cccc(C(F)F)c1F. The molecule has 0 spiro atoms. The number of hydrogen-bond acceptors (Lipinski definition) is 5. The van der Waals surface area contributed by atoms with Crippen LogP contribution in [-0.2, 0) is 16.9 Å². The Labute approximate surface area is 188 Å². The van der Waals surface area contributed by atoms with Crippen molar-refractivity contribution in [1.29, 1.82) is 0 Å². The molecule has 4 rings (SSSR count). The third-order valence-corrected chi connectivity index (χ3v) is 7.36. The van der Waals surface area contributed by atoms with Crippen molar-refractivity contribution in [2.45, 2.75) is 25.8 Å². The molecule has 0 saturated heterocycles. The summed E-state index contributed by atoms with van der Waals surface area (Å²) < 4.78 is 65.8. The molecule has 1 aromatic carbocycles. The Bertz CT molecular complexity index is 1430. The van der Waals surface area contributed by atoms with Crippen LogP contribution in [0.4, 0.5) is 18.9 Å². The van der Waals surface area contributed by atoms with Gasteiger partial charge in [-0.2, -0.15) is 0 Å². The van der Waals surface area contributed by atoms with Gasteiger partial charge < -0.3 is 5.32 Å². The van der Waals surface area contributed by atoms with Crippen LogP contribution < -0.4 is 10.9 Å². The van der Waals surface area contributed by atoms with E-state index in [1.807, 2.05) is 0 Å². The molecular weight excluding hydrogens is 455 g/mol. The third-order valence-electron chi connectivity index (χ3n) is 5.85. The van der Waals surface area contributed by atoms with E-state index in [0.717, 1.165) is 6.07 Å².